The molecule has 1 aromatic heterocycles. The van der Waals surface area contributed by atoms with Gasteiger partial charge in [-0.2, -0.15) is 0 Å². The first-order valence-corrected chi connectivity index (χ1v) is 14.0. The molecule has 2 aliphatic heterocycles. The van der Waals surface area contributed by atoms with E-state index in [1.165, 1.54) is 0 Å². The Morgan fingerprint density at radius 3 is 2.85 bits per heavy atom. The van der Waals surface area contributed by atoms with Crippen LogP contribution in [-0.4, -0.2) is 67.1 Å². The van der Waals surface area contributed by atoms with Crippen LogP contribution < -0.4 is 20.3 Å². The molecule has 3 heterocycles. The van der Waals surface area contributed by atoms with Gasteiger partial charge in [0.1, 0.15) is 12.4 Å². The van der Waals surface area contributed by atoms with Crippen LogP contribution >= 0.6 is 0 Å². The summed E-state index contributed by atoms with van der Waals surface area (Å²) in [7, 11) is 2.08. The van der Waals surface area contributed by atoms with Gasteiger partial charge in [-0.15, -0.1) is 0 Å². The molecule has 2 aromatic rings. The summed E-state index contributed by atoms with van der Waals surface area (Å²) in [4.78, 5) is 34.3. The average Bonchev–Trinajstić information content (AvgIpc) is 2.91. The molecule has 2 aliphatic rings. The zero-order valence-corrected chi connectivity index (χ0v) is 23.8. The minimum atomic E-state index is -0.255. The van der Waals surface area contributed by atoms with Crippen LogP contribution in [0.3, 0.4) is 0 Å². The van der Waals surface area contributed by atoms with Crippen LogP contribution in [-0.2, 0) is 22.6 Å². The Balaban J connectivity index is 1.44. The van der Waals surface area contributed by atoms with Crippen LogP contribution in [0.15, 0.2) is 54.7 Å². The highest BCUT2D eigenvalue weighted by molar-refractivity contribution is 5.79. The lowest BCUT2D eigenvalue weighted by Crippen LogP contribution is -2.48. The standard InChI is InChI=1S/C31H43N5O3/c1-31(2,3)34-29(37)19-23-12-16-36-22-24(23)8-7-17-39-28-11-10-27(18-25(28)20-32-21-30(36)38)35(4)15-13-26-9-5-6-14-33-26/h5-11,14,18,23-24,32H,12-13,15-17,19-22H2,1-4H3,(H,34,37)/b8-7+/t23-,24-/m0/s1. The highest BCUT2D eigenvalue weighted by Gasteiger charge is 2.32. The molecule has 4 rings (SSSR count). The number of hydrogen-bond acceptors (Lipinski definition) is 6. The lowest BCUT2D eigenvalue weighted by molar-refractivity contribution is -0.132. The van der Waals surface area contributed by atoms with Crippen LogP contribution in [0.25, 0.3) is 0 Å². The van der Waals surface area contributed by atoms with E-state index in [2.05, 4.69) is 45.8 Å². The molecule has 210 valence electrons. The van der Waals surface area contributed by atoms with Crippen LogP contribution in [0.5, 0.6) is 5.75 Å². The summed E-state index contributed by atoms with van der Waals surface area (Å²) >= 11 is 0. The van der Waals surface area contributed by atoms with Gasteiger partial charge >= 0.3 is 0 Å². The highest BCUT2D eigenvalue weighted by Crippen LogP contribution is 2.29. The minimum absolute atomic E-state index is 0.0660. The minimum Gasteiger partial charge on any atom is -0.489 e. The van der Waals surface area contributed by atoms with Crippen molar-refractivity contribution in [1.29, 1.82) is 0 Å². The number of fused-ring (bicyclic) bond motifs is 3. The van der Waals surface area contributed by atoms with Crippen LogP contribution in [0.1, 0.15) is 44.9 Å². The Hall–Kier alpha value is -3.39. The van der Waals surface area contributed by atoms with Gasteiger partial charge in [0.2, 0.25) is 11.8 Å². The Morgan fingerprint density at radius 2 is 2.08 bits per heavy atom. The maximum Gasteiger partial charge on any atom is 0.236 e. The molecule has 8 heteroatoms. The van der Waals surface area contributed by atoms with Crippen molar-refractivity contribution in [2.75, 3.05) is 44.7 Å². The first-order chi connectivity index (χ1) is 18.7. The molecule has 1 saturated heterocycles. The first kappa shape index (κ1) is 28.6. The van der Waals surface area contributed by atoms with E-state index >= 15 is 0 Å². The topological polar surface area (TPSA) is 86.8 Å². The third kappa shape index (κ3) is 8.55. The number of benzene rings is 1. The number of ether oxygens (including phenoxy) is 1. The average molecular weight is 534 g/mol. The van der Waals surface area contributed by atoms with Crippen molar-refractivity contribution in [3.63, 3.8) is 0 Å². The third-order valence-electron chi connectivity index (χ3n) is 7.35. The molecule has 2 atom stereocenters. The van der Waals surface area contributed by atoms with Crippen molar-refractivity contribution in [3.8, 4) is 5.75 Å². The lowest BCUT2D eigenvalue weighted by Gasteiger charge is -2.37. The van der Waals surface area contributed by atoms with Crippen molar-refractivity contribution in [2.24, 2.45) is 11.8 Å². The number of aromatic nitrogens is 1. The van der Waals surface area contributed by atoms with E-state index in [1.807, 2.05) is 62.2 Å². The monoisotopic (exact) mass is 533 g/mol. The number of hydrogen-bond donors (Lipinski definition) is 2. The predicted octanol–water partition coefficient (Wildman–Crippen LogP) is 3.57. The van der Waals surface area contributed by atoms with E-state index in [9.17, 15) is 9.59 Å². The second-order valence-electron chi connectivity index (χ2n) is 11.7. The van der Waals surface area contributed by atoms with Gasteiger partial charge < -0.3 is 25.2 Å². The summed E-state index contributed by atoms with van der Waals surface area (Å²) in [6, 6.07) is 12.2. The van der Waals surface area contributed by atoms with E-state index < -0.39 is 0 Å². The van der Waals surface area contributed by atoms with E-state index in [0.717, 1.165) is 42.1 Å². The number of rotatable bonds is 6. The molecular formula is C31H43N5O3. The van der Waals surface area contributed by atoms with Gasteiger partial charge in [0.15, 0.2) is 0 Å². The SMILES string of the molecule is CN(CCc1ccccn1)c1ccc2c(c1)CNCC(=O)N1CC[C@@H](CC(=O)NC(C)(C)C)[C@@H](/C=C/CO2)C1. The second kappa shape index (κ2) is 13.1. The number of nitrogens with zero attached hydrogens (tertiary/aromatic N) is 3. The molecule has 0 aliphatic carbocycles. The molecule has 0 unspecified atom stereocenters. The van der Waals surface area contributed by atoms with E-state index in [-0.39, 0.29) is 35.7 Å². The Morgan fingerprint density at radius 1 is 1.23 bits per heavy atom. The quantitative estimate of drug-likeness (QED) is 0.552. The van der Waals surface area contributed by atoms with Gasteiger partial charge in [-0.1, -0.05) is 18.2 Å². The van der Waals surface area contributed by atoms with E-state index in [4.69, 9.17) is 4.74 Å². The number of amides is 2. The normalized spacial score (nSPS) is 20.9. The molecule has 1 aromatic carbocycles. The summed E-state index contributed by atoms with van der Waals surface area (Å²) in [6.07, 6.45) is 8.14. The zero-order valence-electron chi connectivity index (χ0n) is 23.8. The Labute approximate surface area is 232 Å². The molecule has 0 spiro atoms. The van der Waals surface area contributed by atoms with Crippen LogP contribution in [0.2, 0.25) is 0 Å². The fourth-order valence-electron chi connectivity index (χ4n) is 5.26. The first-order valence-electron chi connectivity index (χ1n) is 14.0. The maximum atomic E-state index is 13.1. The molecule has 2 bridgehead atoms. The molecule has 2 N–H and O–H groups in total. The number of anilines is 1. The summed E-state index contributed by atoms with van der Waals surface area (Å²) < 4.78 is 6.18. The van der Waals surface area contributed by atoms with Gasteiger partial charge in [-0.3, -0.25) is 14.6 Å². The second-order valence-corrected chi connectivity index (χ2v) is 11.7. The van der Waals surface area contributed by atoms with Gasteiger partial charge in [0.25, 0.3) is 0 Å². The number of piperidine rings is 1. The molecule has 2 amide bonds. The largest absolute Gasteiger partial charge is 0.489 e. The van der Waals surface area contributed by atoms with Crippen molar-refractivity contribution in [1.82, 2.24) is 20.5 Å². The van der Waals surface area contributed by atoms with Gasteiger partial charge in [0, 0.05) is 74.7 Å². The van der Waals surface area contributed by atoms with Gasteiger partial charge in [-0.05, 0) is 69.4 Å². The molecule has 0 radical (unpaired) electrons. The summed E-state index contributed by atoms with van der Waals surface area (Å²) in [6.45, 7) is 9.39. The lowest BCUT2D eigenvalue weighted by atomic mass is 9.82. The van der Waals surface area contributed by atoms with E-state index in [0.29, 0.717) is 32.7 Å². The molecule has 39 heavy (non-hydrogen) atoms. The summed E-state index contributed by atoms with van der Waals surface area (Å²) in [5, 5.41) is 6.42. The van der Waals surface area contributed by atoms with Crippen LogP contribution in [0, 0.1) is 11.8 Å². The maximum absolute atomic E-state index is 13.1. The van der Waals surface area contributed by atoms with Gasteiger partial charge in [-0.25, -0.2) is 0 Å². The Bertz CT molecular complexity index is 1140. The molecular weight excluding hydrogens is 490 g/mol. The Kier molecular flexibility index (Phi) is 9.62. The fourth-order valence-corrected chi connectivity index (χ4v) is 5.26. The third-order valence-corrected chi connectivity index (χ3v) is 7.35. The van der Waals surface area contributed by atoms with Crippen molar-refractivity contribution in [3.05, 3.63) is 66.0 Å². The number of nitrogens with one attached hydrogen (secondary N) is 2. The summed E-state index contributed by atoms with van der Waals surface area (Å²) in [5.41, 5.74) is 2.93. The molecule has 1 fully saturated rings. The van der Waals surface area contributed by atoms with Crippen molar-refractivity contribution in [2.45, 2.75) is 52.1 Å². The fraction of sp³-hybridized carbons (Fsp3) is 0.516. The highest BCUT2D eigenvalue weighted by atomic mass is 16.5. The van der Waals surface area contributed by atoms with Crippen molar-refractivity contribution < 1.29 is 14.3 Å². The smallest absolute Gasteiger partial charge is 0.236 e. The molecule has 0 saturated carbocycles. The summed E-state index contributed by atoms with van der Waals surface area (Å²) in [5.74, 6) is 1.28. The zero-order chi connectivity index (χ0) is 27.8. The number of likely N-dealkylation sites (N-methyl/N-ethyl adjacent to an activating group) is 1. The molecule has 8 nitrogen and oxygen atoms in total. The van der Waals surface area contributed by atoms with Crippen molar-refractivity contribution >= 4 is 17.5 Å². The number of carbonyl (C=O) groups excluding carboxylic acids is 2. The van der Waals surface area contributed by atoms with Crippen LogP contribution in [0.4, 0.5) is 5.69 Å². The van der Waals surface area contributed by atoms with Gasteiger partial charge in [0.05, 0.1) is 6.54 Å². The van der Waals surface area contributed by atoms with E-state index in [1.54, 1.807) is 0 Å². The predicted molar refractivity (Wildman–Crippen MR) is 155 cm³/mol. The number of carbonyl (C=O) groups is 2. The number of pyridine rings is 1.